The molecule has 1 atom stereocenters. The zero-order chi connectivity index (χ0) is 13.4. The van der Waals surface area contributed by atoms with Crippen molar-refractivity contribution in [2.45, 2.75) is 64.1 Å². The summed E-state index contributed by atoms with van der Waals surface area (Å²) < 4.78 is 2.04. The van der Waals surface area contributed by atoms with Gasteiger partial charge in [-0.15, -0.1) is 0 Å². The molecule has 1 aromatic rings. The Labute approximate surface area is 115 Å². The number of rotatable bonds is 2. The Kier molecular flexibility index (Phi) is 3.58. The van der Waals surface area contributed by atoms with Gasteiger partial charge < -0.3 is 10.6 Å². The van der Waals surface area contributed by atoms with Gasteiger partial charge >= 0.3 is 0 Å². The fourth-order valence-corrected chi connectivity index (χ4v) is 3.20. The molecule has 3 rings (SSSR count). The minimum absolute atomic E-state index is 0.254. The minimum atomic E-state index is 0.254. The molecule has 0 amide bonds. The van der Waals surface area contributed by atoms with E-state index in [4.69, 9.17) is 15.8 Å². The van der Waals surface area contributed by atoms with Crippen LogP contribution in [0.2, 0.25) is 0 Å². The van der Waals surface area contributed by atoms with Crippen LogP contribution < -0.4 is 5.73 Å². The summed E-state index contributed by atoms with van der Waals surface area (Å²) in [5.74, 6) is 2.75. The Morgan fingerprint density at radius 2 is 1.95 bits per heavy atom. The summed E-state index contributed by atoms with van der Waals surface area (Å²) in [5, 5.41) is 4.70. The molecule has 5 nitrogen and oxygen atoms in total. The van der Waals surface area contributed by atoms with Gasteiger partial charge in [0.1, 0.15) is 5.82 Å². The number of aromatic nitrogens is 3. The molecule has 1 fully saturated rings. The highest BCUT2D eigenvalue weighted by Gasteiger charge is 2.27. The first-order valence-electron chi connectivity index (χ1n) is 7.56. The zero-order valence-corrected chi connectivity index (χ0v) is 12.0. The van der Waals surface area contributed by atoms with Crippen molar-refractivity contribution in [2.75, 3.05) is 13.1 Å². The number of piperidine rings is 1. The topological polar surface area (TPSA) is 60.0 Å². The van der Waals surface area contributed by atoms with E-state index < -0.39 is 0 Å². The Bertz CT molecular complexity index is 431. The van der Waals surface area contributed by atoms with E-state index in [2.05, 4.69) is 18.7 Å². The average Bonchev–Trinajstić information content (AvgIpc) is 2.81. The molecular formula is C14H25N5. The fraction of sp³-hybridized carbons (Fsp3) is 0.857. The summed E-state index contributed by atoms with van der Waals surface area (Å²) in [4.78, 5) is 7.30. The van der Waals surface area contributed by atoms with Crippen LogP contribution in [0, 0.1) is 0 Å². The number of nitrogens with zero attached hydrogens (tertiary/aromatic N) is 4. The molecule has 1 unspecified atom stereocenters. The molecule has 2 aliphatic rings. The lowest BCUT2D eigenvalue weighted by molar-refractivity contribution is 0.169. The summed E-state index contributed by atoms with van der Waals surface area (Å²) in [6, 6.07) is 0.909. The van der Waals surface area contributed by atoms with Gasteiger partial charge in [-0.2, -0.15) is 5.10 Å². The van der Waals surface area contributed by atoms with Crippen LogP contribution in [0.25, 0.3) is 0 Å². The first-order chi connectivity index (χ1) is 9.13. The van der Waals surface area contributed by atoms with Crippen LogP contribution in [-0.4, -0.2) is 44.8 Å². The normalized spacial score (nSPS) is 25.8. The van der Waals surface area contributed by atoms with Crippen LogP contribution in [-0.2, 0) is 13.0 Å². The van der Waals surface area contributed by atoms with Gasteiger partial charge in [0.15, 0.2) is 5.82 Å². The fourth-order valence-electron chi connectivity index (χ4n) is 3.20. The summed E-state index contributed by atoms with van der Waals surface area (Å²) in [7, 11) is 0. The third kappa shape index (κ3) is 2.67. The molecule has 0 saturated carbocycles. The predicted molar refractivity (Wildman–Crippen MR) is 75.0 cm³/mol. The SMILES string of the molecule is CC(C)N1CCC(c2nc3n(n2)CC(N)CC3)CC1. The molecule has 0 radical (unpaired) electrons. The lowest BCUT2D eigenvalue weighted by atomic mass is 9.95. The van der Waals surface area contributed by atoms with Crippen LogP contribution >= 0.6 is 0 Å². The van der Waals surface area contributed by atoms with Crippen LogP contribution in [0.4, 0.5) is 0 Å². The molecule has 106 valence electrons. The van der Waals surface area contributed by atoms with Gasteiger partial charge in [-0.3, -0.25) is 0 Å². The van der Waals surface area contributed by atoms with E-state index in [-0.39, 0.29) is 6.04 Å². The molecule has 1 saturated heterocycles. The monoisotopic (exact) mass is 263 g/mol. The van der Waals surface area contributed by atoms with Gasteiger partial charge in [0.2, 0.25) is 0 Å². The van der Waals surface area contributed by atoms with E-state index in [1.54, 1.807) is 0 Å². The van der Waals surface area contributed by atoms with E-state index in [1.807, 2.05) is 4.68 Å². The largest absolute Gasteiger partial charge is 0.326 e. The summed E-state index contributed by atoms with van der Waals surface area (Å²) >= 11 is 0. The maximum Gasteiger partial charge on any atom is 0.154 e. The summed E-state index contributed by atoms with van der Waals surface area (Å²) in [6.45, 7) is 7.73. The summed E-state index contributed by atoms with van der Waals surface area (Å²) in [5.41, 5.74) is 5.99. The van der Waals surface area contributed by atoms with Gasteiger partial charge in [-0.05, 0) is 46.2 Å². The first-order valence-corrected chi connectivity index (χ1v) is 7.56. The molecule has 5 heteroatoms. The van der Waals surface area contributed by atoms with E-state index in [1.165, 1.54) is 25.9 Å². The van der Waals surface area contributed by atoms with Crippen LogP contribution in [0.1, 0.15) is 50.7 Å². The third-order valence-corrected chi connectivity index (χ3v) is 4.54. The van der Waals surface area contributed by atoms with E-state index in [0.717, 1.165) is 31.0 Å². The van der Waals surface area contributed by atoms with Crippen LogP contribution in [0.3, 0.4) is 0 Å². The van der Waals surface area contributed by atoms with Crippen molar-refractivity contribution in [1.82, 2.24) is 19.7 Å². The molecule has 0 aliphatic carbocycles. The second kappa shape index (κ2) is 5.21. The summed E-state index contributed by atoms with van der Waals surface area (Å²) in [6.07, 6.45) is 4.41. The molecule has 19 heavy (non-hydrogen) atoms. The number of nitrogens with two attached hydrogens (primary N) is 1. The second-order valence-corrected chi connectivity index (χ2v) is 6.27. The van der Waals surface area contributed by atoms with Gasteiger partial charge in [-0.25, -0.2) is 9.67 Å². The quantitative estimate of drug-likeness (QED) is 0.869. The maximum atomic E-state index is 5.99. The maximum absolute atomic E-state index is 5.99. The van der Waals surface area contributed by atoms with Crippen LogP contribution in [0.5, 0.6) is 0 Å². The van der Waals surface area contributed by atoms with Crippen molar-refractivity contribution in [3.8, 4) is 0 Å². The first kappa shape index (κ1) is 13.1. The average molecular weight is 263 g/mol. The Morgan fingerprint density at radius 3 is 2.63 bits per heavy atom. The number of hydrogen-bond donors (Lipinski definition) is 1. The molecule has 2 aliphatic heterocycles. The molecule has 2 N–H and O–H groups in total. The molecule has 0 aromatic carbocycles. The zero-order valence-electron chi connectivity index (χ0n) is 12.0. The lowest BCUT2D eigenvalue weighted by Gasteiger charge is -2.33. The van der Waals surface area contributed by atoms with Crippen molar-refractivity contribution >= 4 is 0 Å². The molecule has 0 bridgehead atoms. The molecular weight excluding hydrogens is 238 g/mol. The number of aryl methyl sites for hydroxylation is 1. The molecule has 1 aromatic heterocycles. The standard InChI is InChI=1S/C14H25N5/c1-10(2)18-7-5-11(6-8-18)14-16-13-4-3-12(15)9-19(13)17-14/h10-12H,3-9,15H2,1-2H3. The van der Waals surface area contributed by atoms with Gasteiger partial charge in [-0.1, -0.05) is 0 Å². The smallest absolute Gasteiger partial charge is 0.154 e. The Hall–Kier alpha value is -0.940. The molecule has 0 spiro atoms. The molecule has 3 heterocycles. The van der Waals surface area contributed by atoms with Crippen molar-refractivity contribution in [3.05, 3.63) is 11.6 Å². The highest BCUT2D eigenvalue weighted by atomic mass is 15.4. The van der Waals surface area contributed by atoms with Crippen molar-refractivity contribution in [3.63, 3.8) is 0 Å². The highest BCUT2D eigenvalue weighted by molar-refractivity contribution is 5.04. The van der Waals surface area contributed by atoms with Gasteiger partial charge in [0, 0.05) is 24.4 Å². The van der Waals surface area contributed by atoms with Crippen LogP contribution in [0.15, 0.2) is 0 Å². The van der Waals surface area contributed by atoms with E-state index in [0.29, 0.717) is 12.0 Å². The van der Waals surface area contributed by atoms with E-state index >= 15 is 0 Å². The number of likely N-dealkylation sites (tertiary alicyclic amines) is 1. The van der Waals surface area contributed by atoms with Crippen molar-refractivity contribution < 1.29 is 0 Å². The number of fused-ring (bicyclic) bond motifs is 1. The van der Waals surface area contributed by atoms with E-state index in [9.17, 15) is 0 Å². The third-order valence-electron chi connectivity index (χ3n) is 4.54. The van der Waals surface area contributed by atoms with Gasteiger partial charge in [0.05, 0.1) is 6.54 Å². The minimum Gasteiger partial charge on any atom is -0.326 e. The highest BCUT2D eigenvalue weighted by Crippen LogP contribution is 2.27. The second-order valence-electron chi connectivity index (χ2n) is 6.27. The number of hydrogen-bond acceptors (Lipinski definition) is 4. The Balaban J connectivity index is 1.67. The Morgan fingerprint density at radius 1 is 1.21 bits per heavy atom. The van der Waals surface area contributed by atoms with Gasteiger partial charge in [0.25, 0.3) is 0 Å². The lowest BCUT2D eigenvalue weighted by Crippen LogP contribution is -2.38. The predicted octanol–water partition coefficient (Wildman–Crippen LogP) is 1.14. The van der Waals surface area contributed by atoms with Crippen molar-refractivity contribution in [2.24, 2.45) is 5.73 Å². The van der Waals surface area contributed by atoms with Crippen molar-refractivity contribution in [1.29, 1.82) is 0 Å².